The van der Waals surface area contributed by atoms with Gasteiger partial charge >= 0.3 is 0 Å². The molecule has 1 heterocycles. The van der Waals surface area contributed by atoms with E-state index in [2.05, 4.69) is 5.32 Å². The van der Waals surface area contributed by atoms with Gasteiger partial charge in [0.1, 0.15) is 23.4 Å². The minimum absolute atomic E-state index is 0.215. The zero-order valence-electron chi connectivity index (χ0n) is 13.9. The van der Waals surface area contributed by atoms with Crippen LogP contribution in [0.25, 0.3) is 11.3 Å². The van der Waals surface area contributed by atoms with Crippen LogP contribution in [-0.2, 0) is 20.8 Å². The summed E-state index contributed by atoms with van der Waals surface area (Å²) in [5.41, 5.74) is 0.391. The summed E-state index contributed by atoms with van der Waals surface area (Å²) in [4.78, 5) is 11.9. The van der Waals surface area contributed by atoms with E-state index in [0.717, 1.165) is 0 Å². The Hall–Kier alpha value is -2.18. The van der Waals surface area contributed by atoms with Crippen molar-refractivity contribution in [2.75, 3.05) is 19.8 Å². The average molecular weight is 335 g/mol. The second-order valence-corrected chi connectivity index (χ2v) is 5.17. The number of benzene rings is 1. The van der Waals surface area contributed by atoms with E-state index in [1.54, 1.807) is 37.3 Å². The molecule has 1 aromatic heterocycles. The van der Waals surface area contributed by atoms with E-state index in [1.807, 2.05) is 6.92 Å². The van der Waals surface area contributed by atoms with E-state index in [0.29, 0.717) is 36.9 Å². The fourth-order valence-electron chi connectivity index (χ4n) is 2.10. The van der Waals surface area contributed by atoms with Crippen molar-refractivity contribution < 1.29 is 23.1 Å². The van der Waals surface area contributed by atoms with Gasteiger partial charge in [0.15, 0.2) is 0 Å². The highest BCUT2D eigenvalue weighted by molar-refractivity contribution is 5.80. The number of hydrogen-bond donors (Lipinski definition) is 1. The zero-order valence-corrected chi connectivity index (χ0v) is 13.9. The number of carbonyl (C=O) groups is 1. The molecule has 0 aliphatic carbocycles. The average Bonchev–Trinajstić information content (AvgIpc) is 3.05. The molecular formula is C18H22FNO4. The molecular weight excluding hydrogens is 313 g/mol. The lowest BCUT2D eigenvalue weighted by Gasteiger charge is -2.12. The first kappa shape index (κ1) is 18.2. The predicted molar refractivity (Wildman–Crippen MR) is 87.9 cm³/mol. The maximum Gasteiger partial charge on any atom is 0.249 e. The molecule has 5 nitrogen and oxygen atoms in total. The number of ether oxygens (including phenoxy) is 2. The van der Waals surface area contributed by atoms with Crippen molar-refractivity contribution in [3.8, 4) is 11.3 Å². The van der Waals surface area contributed by atoms with Crippen LogP contribution in [0.1, 0.15) is 19.6 Å². The van der Waals surface area contributed by atoms with Gasteiger partial charge in [-0.3, -0.25) is 4.79 Å². The molecule has 1 atom stereocenters. The maximum atomic E-state index is 13.7. The lowest BCUT2D eigenvalue weighted by molar-refractivity contribution is -0.132. The van der Waals surface area contributed by atoms with Crippen molar-refractivity contribution >= 4 is 5.91 Å². The summed E-state index contributed by atoms with van der Waals surface area (Å²) in [5.74, 6) is 0.385. The lowest BCUT2D eigenvalue weighted by Crippen LogP contribution is -2.34. The van der Waals surface area contributed by atoms with Gasteiger partial charge in [-0.15, -0.1) is 0 Å². The van der Waals surface area contributed by atoms with Gasteiger partial charge in [0.05, 0.1) is 25.3 Å². The third-order valence-electron chi connectivity index (χ3n) is 3.41. The van der Waals surface area contributed by atoms with Crippen LogP contribution in [0.2, 0.25) is 0 Å². The maximum absolute atomic E-state index is 13.7. The van der Waals surface area contributed by atoms with Crippen molar-refractivity contribution in [3.63, 3.8) is 0 Å². The van der Waals surface area contributed by atoms with Gasteiger partial charge in [0, 0.05) is 6.61 Å². The molecule has 1 N–H and O–H groups in total. The zero-order chi connectivity index (χ0) is 17.4. The van der Waals surface area contributed by atoms with Gasteiger partial charge in [0.25, 0.3) is 0 Å². The fourth-order valence-corrected chi connectivity index (χ4v) is 2.10. The largest absolute Gasteiger partial charge is 0.459 e. The van der Waals surface area contributed by atoms with Crippen LogP contribution in [-0.4, -0.2) is 31.8 Å². The molecule has 2 aromatic rings. The van der Waals surface area contributed by atoms with E-state index < -0.39 is 6.10 Å². The summed E-state index contributed by atoms with van der Waals surface area (Å²) in [6.07, 6.45) is -0.577. The minimum Gasteiger partial charge on any atom is -0.459 e. The number of rotatable bonds is 9. The summed E-state index contributed by atoms with van der Waals surface area (Å²) in [6, 6.07) is 9.77. The standard InChI is InChI=1S/C18H22FNO4/c1-3-22-10-11-23-13(2)18(21)20-12-14-8-9-17(24-14)15-6-4-5-7-16(15)19/h4-9,13H,3,10-12H2,1-2H3,(H,20,21)/t13-/m1/s1. The number of halogens is 1. The summed E-state index contributed by atoms with van der Waals surface area (Å²) in [6.45, 7) is 5.22. The first-order chi connectivity index (χ1) is 11.6. The molecule has 0 radical (unpaired) electrons. The molecule has 24 heavy (non-hydrogen) atoms. The first-order valence-electron chi connectivity index (χ1n) is 7.92. The highest BCUT2D eigenvalue weighted by Gasteiger charge is 2.14. The summed E-state index contributed by atoms with van der Waals surface area (Å²) in [7, 11) is 0. The molecule has 0 aliphatic heterocycles. The molecule has 0 aliphatic rings. The van der Waals surface area contributed by atoms with Crippen molar-refractivity contribution in [1.82, 2.24) is 5.32 Å². The molecule has 6 heteroatoms. The summed E-state index contributed by atoms with van der Waals surface area (Å²) >= 11 is 0. The molecule has 0 fully saturated rings. The Labute approximate surface area is 140 Å². The van der Waals surface area contributed by atoms with Gasteiger partial charge in [0.2, 0.25) is 5.91 Å². The molecule has 0 saturated heterocycles. The van der Waals surface area contributed by atoms with Crippen molar-refractivity contribution in [3.05, 3.63) is 48.0 Å². The molecule has 0 spiro atoms. The molecule has 0 unspecified atom stereocenters. The molecule has 0 saturated carbocycles. The second kappa shape index (κ2) is 9.20. The highest BCUT2D eigenvalue weighted by atomic mass is 19.1. The smallest absolute Gasteiger partial charge is 0.249 e. The van der Waals surface area contributed by atoms with Crippen LogP contribution in [0.3, 0.4) is 0 Å². The molecule has 130 valence electrons. The van der Waals surface area contributed by atoms with E-state index >= 15 is 0 Å². The number of nitrogens with one attached hydrogen (secondary N) is 1. The Bertz CT molecular complexity index is 656. The van der Waals surface area contributed by atoms with Crippen molar-refractivity contribution in [1.29, 1.82) is 0 Å². The predicted octanol–water partition coefficient (Wildman–Crippen LogP) is 3.14. The SMILES string of the molecule is CCOCCO[C@H](C)C(=O)NCc1ccc(-c2ccccc2F)o1. The van der Waals surface area contributed by atoms with Crippen molar-refractivity contribution in [2.45, 2.75) is 26.5 Å². The Balaban J connectivity index is 1.82. The van der Waals surface area contributed by atoms with Gasteiger partial charge in [-0.25, -0.2) is 4.39 Å². The van der Waals surface area contributed by atoms with Gasteiger partial charge < -0.3 is 19.2 Å². The minimum atomic E-state index is -0.577. The Morgan fingerprint density at radius 3 is 2.79 bits per heavy atom. The Morgan fingerprint density at radius 1 is 1.25 bits per heavy atom. The quantitative estimate of drug-likeness (QED) is 0.715. The Kier molecular flexibility index (Phi) is 6.96. The second-order valence-electron chi connectivity index (χ2n) is 5.17. The third kappa shape index (κ3) is 5.18. The van der Waals surface area contributed by atoms with Crippen LogP contribution in [0, 0.1) is 5.82 Å². The van der Waals surface area contributed by atoms with E-state index in [4.69, 9.17) is 13.9 Å². The molecule has 0 bridgehead atoms. The van der Waals surface area contributed by atoms with E-state index in [9.17, 15) is 9.18 Å². The van der Waals surface area contributed by atoms with Gasteiger partial charge in [-0.05, 0) is 38.1 Å². The normalized spacial score (nSPS) is 12.1. The number of hydrogen-bond acceptors (Lipinski definition) is 4. The number of carbonyl (C=O) groups excluding carboxylic acids is 1. The van der Waals surface area contributed by atoms with Crippen LogP contribution in [0.4, 0.5) is 4.39 Å². The molecule has 1 amide bonds. The van der Waals surface area contributed by atoms with Gasteiger partial charge in [-0.2, -0.15) is 0 Å². The first-order valence-corrected chi connectivity index (χ1v) is 7.92. The van der Waals surface area contributed by atoms with Crippen LogP contribution >= 0.6 is 0 Å². The highest BCUT2D eigenvalue weighted by Crippen LogP contribution is 2.24. The van der Waals surface area contributed by atoms with Crippen LogP contribution in [0.15, 0.2) is 40.8 Å². The van der Waals surface area contributed by atoms with Crippen LogP contribution in [0.5, 0.6) is 0 Å². The molecule has 2 rings (SSSR count). The Morgan fingerprint density at radius 2 is 2.04 bits per heavy atom. The van der Waals surface area contributed by atoms with Crippen molar-refractivity contribution in [2.24, 2.45) is 0 Å². The number of furan rings is 1. The topological polar surface area (TPSA) is 60.7 Å². The van der Waals surface area contributed by atoms with Crippen LogP contribution < -0.4 is 5.32 Å². The summed E-state index contributed by atoms with van der Waals surface area (Å²) in [5, 5.41) is 2.73. The lowest BCUT2D eigenvalue weighted by atomic mass is 10.1. The fraction of sp³-hybridized carbons (Fsp3) is 0.389. The monoisotopic (exact) mass is 335 g/mol. The molecule has 1 aromatic carbocycles. The van der Waals surface area contributed by atoms with E-state index in [1.165, 1.54) is 6.07 Å². The van der Waals surface area contributed by atoms with Gasteiger partial charge in [-0.1, -0.05) is 12.1 Å². The third-order valence-corrected chi connectivity index (χ3v) is 3.41. The van der Waals surface area contributed by atoms with E-state index in [-0.39, 0.29) is 18.3 Å². The summed E-state index contributed by atoms with van der Waals surface area (Å²) < 4.78 is 29.8. The number of amides is 1.